The van der Waals surface area contributed by atoms with Crippen molar-refractivity contribution in [1.29, 1.82) is 0 Å². The summed E-state index contributed by atoms with van der Waals surface area (Å²) in [5.41, 5.74) is 1.14. The van der Waals surface area contributed by atoms with Crippen LogP contribution in [0.3, 0.4) is 0 Å². The lowest BCUT2D eigenvalue weighted by Crippen LogP contribution is -2.44. The highest BCUT2D eigenvalue weighted by atomic mass is 16.5. The lowest BCUT2D eigenvalue weighted by Gasteiger charge is -2.32. The largest absolute Gasteiger partial charge is 0.497 e. The molecule has 0 aliphatic carbocycles. The first-order valence-corrected chi connectivity index (χ1v) is 7.46. The van der Waals surface area contributed by atoms with Gasteiger partial charge in [0.25, 0.3) is 0 Å². The summed E-state index contributed by atoms with van der Waals surface area (Å²) in [6.45, 7) is 4.05. The molecule has 0 radical (unpaired) electrons. The van der Waals surface area contributed by atoms with Crippen molar-refractivity contribution in [2.75, 3.05) is 33.8 Å². The average Bonchev–Trinajstić information content (AvgIpc) is 2.74. The number of likely N-dealkylation sites (tertiary alicyclic amines) is 1. The standard InChI is InChI=1S/C16H24N2O2/c1-18-8-3-6-16(7-9-18)12-17-11-13-10-14(19-2)4-5-15(13)20-16/h4-5,10,17H,3,6-9,11-12H2,1-2H3. The first-order chi connectivity index (χ1) is 9.71. The predicted octanol–water partition coefficient (Wildman–Crippen LogP) is 2.03. The molecular formula is C16H24N2O2. The van der Waals surface area contributed by atoms with Crippen molar-refractivity contribution in [3.05, 3.63) is 23.8 Å². The number of ether oxygens (including phenoxy) is 2. The molecule has 0 aromatic heterocycles. The van der Waals surface area contributed by atoms with Crippen molar-refractivity contribution in [3.8, 4) is 11.5 Å². The maximum atomic E-state index is 6.47. The molecule has 2 heterocycles. The van der Waals surface area contributed by atoms with Gasteiger partial charge in [0.2, 0.25) is 0 Å². The Morgan fingerprint density at radius 2 is 2.20 bits per heavy atom. The Morgan fingerprint density at radius 1 is 1.30 bits per heavy atom. The molecule has 110 valence electrons. The van der Waals surface area contributed by atoms with Gasteiger partial charge in [-0.2, -0.15) is 0 Å². The highest BCUT2D eigenvalue weighted by Gasteiger charge is 2.36. The van der Waals surface area contributed by atoms with Gasteiger partial charge >= 0.3 is 0 Å². The maximum Gasteiger partial charge on any atom is 0.124 e. The average molecular weight is 276 g/mol. The van der Waals surface area contributed by atoms with Crippen LogP contribution in [0.25, 0.3) is 0 Å². The van der Waals surface area contributed by atoms with Gasteiger partial charge in [-0.3, -0.25) is 0 Å². The van der Waals surface area contributed by atoms with E-state index in [1.54, 1.807) is 7.11 Å². The summed E-state index contributed by atoms with van der Waals surface area (Å²) in [4.78, 5) is 2.40. The molecule has 2 aliphatic rings. The molecule has 4 nitrogen and oxygen atoms in total. The van der Waals surface area contributed by atoms with Crippen LogP contribution in [0.5, 0.6) is 11.5 Å². The molecule has 0 bridgehead atoms. The van der Waals surface area contributed by atoms with Crippen LogP contribution in [-0.4, -0.2) is 44.3 Å². The zero-order valence-electron chi connectivity index (χ0n) is 12.4. The molecule has 20 heavy (non-hydrogen) atoms. The molecule has 1 spiro atoms. The number of rotatable bonds is 1. The van der Waals surface area contributed by atoms with Gasteiger partial charge in [0.05, 0.1) is 7.11 Å². The van der Waals surface area contributed by atoms with Gasteiger partial charge < -0.3 is 19.7 Å². The third-order valence-corrected chi connectivity index (χ3v) is 4.48. The van der Waals surface area contributed by atoms with Crippen molar-refractivity contribution in [2.24, 2.45) is 0 Å². The monoisotopic (exact) mass is 276 g/mol. The summed E-state index contributed by atoms with van der Waals surface area (Å²) < 4.78 is 11.8. The minimum atomic E-state index is -0.0510. The lowest BCUT2D eigenvalue weighted by atomic mass is 9.94. The fraction of sp³-hybridized carbons (Fsp3) is 0.625. The number of fused-ring (bicyclic) bond motifs is 1. The molecule has 0 saturated carbocycles. The van der Waals surface area contributed by atoms with E-state index in [2.05, 4.69) is 29.4 Å². The minimum Gasteiger partial charge on any atom is -0.497 e. The molecule has 1 saturated heterocycles. The van der Waals surface area contributed by atoms with E-state index in [0.717, 1.165) is 44.0 Å². The van der Waals surface area contributed by atoms with E-state index in [-0.39, 0.29) is 5.60 Å². The summed E-state index contributed by atoms with van der Waals surface area (Å²) in [7, 11) is 3.90. The van der Waals surface area contributed by atoms with Crippen molar-refractivity contribution < 1.29 is 9.47 Å². The molecule has 0 amide bonds. The third-order valence-electron chi connectivity index (χ3n) is 4.48. The molecule has 1 atom stereocenters. The normalized spacial score (nSPS) is 27.3. The first-order valence-electron chi connectivity index (χ1n) is 7.46. The second kappa shape index (κ2) is 5.62. The summed E-state index contributed by atoms with van der Waals surface area (Å²) in [6.07, 6.45) is 3.40. The van der Waals surface area contributed by atoms with Crippen LogP contribution in [0.2, 0.25) is 0 Å². The highest BCUT2D eigenvalue weighted by Crippen LogP contribution is 2.34. The number of hydrogen-bond acceptors (Lipinski definition) is 4. The number of hydrogen-bond donors (Lipinski definition) is 1. The van der Waals surface area contributed by atoms with E-state index < -0.39 is 0 Å². The van der Waals surface area contributed by atoms with Crippen LogP contribution < -0.4 is 14.8 Å². The van der Waals surface area contributed by atoms with Crippen LogP contribution in [0.1, 0.15) is 24.8 Å². The van der Waals surface area contributed by atoms with Crippen molar-refractivity contribution >= 4 is 0 Å². The molecule has 1 fully saturated rings. The van der Waals surface area contributed by atoms with Crippen molar-refractivity contribution in [2.45, 2.75) is 31.4 Å². The number of methoxy groups -OCH3 is 1. The quantitative estimate of drug-likeness (QED) is 0.851. The molecule has 3 rings (SSSR count). The van der Waals surface area contributed by atoms with E-state index in [9.17, 15) is 0 Å². The Labute approximate surface area is 121 Å². The predicted molar refractivity (Wildman–Crippen MR) is 79.4 cm³/mol. The second-order valence-corrected chi connectivity index (χ2v) is 6.02. The molecule has 1 unspecified atom stereocenters. The SMILES string of the molecule is COc1ccc2c(c1)CNCC1(CCCN(C)CC1)O2. The molecular weight excluding hydrogens is 252 g/mol. The Balaban J connectivity index is 1.85. The van der Waals surface area contributed by atoms with Gasteiger partial charge in [-0.05, 0) is 44.6 Å². The zero-order valence-corrected chi connectivity index (χ0v) is 12.4. The van der Waals surface area contributed by atoms with Crippen LogP contribution in [-0.2, 0) is 6.54 Å². The molecule has 1 aromatic rings. The van der Waals surface area contributed by atoms with Gasteiger partial charge in [0, 0.05) is 31.6 Å². The Bertz CT molecular complexity index is 478. The van der Waals surface area contributed by atoms with Crippen LogP contribution in [0.4, 0.5) is 0 Å². The Hall–Kier alpha value is -1.26. The van der Waals surface area contributed by atoms with Gasteiger partial charge in [0.15, 0.2) is 0 Å². The van der Waals surface area contributed by atoms with Crippen molar-refractivity contribution in [1.82, 2.24) is 10.2 Å². The lowest BCUT2D eigenvalue weighted by molar-refractivity contribution is 0.0587. The fourth-order valence-corrected chi connectivity index (χ4v) is 3.20. The number of benzene rings is 1. The van der Waals surface area contributed by atoms with Gasteiger partial charge in [-0.15, -0.1) is 0 Å². The van der Waals surface area contributed by atoms with E-state index >= 15 is 0 Å². The van der Waals surface area contributed by atoms with Gasteiger partial charge in [-0.1, -0.05) is 0 Å². The smallest absolute Gasteiger partial charge is 0.124 e. The van der Waals surface area contributed by atoms with E-state index in [0.29, 0.717) is 0 Å². The summed E-state index contributed by atoms with van der Waals surface area (Å²) in [6, 6.07) is 6.11. The minimum absolute atomic E-state index is 0.0510. The number of nitrogens with zero attached hydrogens (tertiary/aromatic N) is 1. The highest BCUT2D eigenvalue weighted by molar-refractivity contribution is 5.41. The van der Waals surface area contributed by atoms with Crippen LogP contribution in [0, 0.1) is 0 Å². The van der Waals surface area contributed by atoms with E-state index in [4.69, 9.17) is 9.47 Å². The topological polar surface area (TPSA) is 33.7 Å². The fourth-order valence-electron chi connectivity index (χ4n) is 3.20. The maximum absolute atomic E-state index is 6.47. The summed E-state index contributed by atoms with van der Waals surface area (Å²) in [5, 5.41) is 3.56. The van der Waals surface area contributed by atoms with E-state index in [1.807, 2.05) is 6.07 Å². The zero-order chi connectivity index (χ0) is 14.0. The molecule has 4 heteroatoms. The van der Waals surface area contributed by atoms with Crippen LogP contribution >= 0.6 is 0 Å². The Morgan fingerprint density at radius 3 is 3.05 bits per heavy atom. The van der Waals surface area contributed by atoms with E-state index in [1.165, 1.54) is 18.5 Å². The summed E-state index contributed by atoms with van der Waals surface area (Å²) in [5.74, 6) is 1.91. The molecule has 2 aliphatic heterocycles. The Kier molecular flexibility index (Phi) is 3.85. The van der Waals surface area contributed by atoms with Crippen LogP contribution in [0.15, 0.2) is 18.2 Å². The molecule has 1 aromatic carbocycles. The number of nitrogens with one attached hydrogen (secondary N) is 1. The first kappa shape index (κ1) is 13.7. The second-order valence-electron chi connectivity index (χ2n) is 6.02. The molecule has 1 N–H and O–H groups in total. The third kappa shape index (κ3) is 2.76. The van der Waals surface area contributed by atoms with Gasteiger partial charge in [-0.25, -0.2) is 0 Å². The summed E-state index contributed by atoms with van der Waals surface area (Å²) >= 11 is 0. The van der Waals surface area contributed by atoms with Gasteiger partial charge in [0.1, 0.15) is 17.1 Å². The van der Waals surface area contributed by atoms with Crippen molar-refractivity contribution in [3.63, 3.8) is 0 Å².